The van der Waals surface area contributed by atoms with Gasteiger partial charge >= 0.3 is 0 Å². The van der Waals surface area contributed by atoms with Crippen LogP contribution in [0.5, 0.6) is 0 Å². The predicted molar refractivity (Wildman–Crippen MR) is 115 cm³/mol. The quantitative estimate of drug-likeness (QED) is 0.748. The largest absolute Gasteiger partial charge is 0.355 e. The van der Waals surface area contributed by atoms with Crippen molar-refractivity contribution in [3.63, 3.8) is 0 Å². The molecule has 2 aliphatic rings. The number of halogens is 1. The van der Waals surface area contributed by atoms with Crippen LogP contribution in [0.25, 0.3) is 0 Å². The van der Waals surface area contributed by atoms with Crippen LogP contribution in [-0.2, 0) is 9.59 Å². The highest BCUT2D eigenvalue weighted by Crippen LogP contribution is 2.28. The van der Waals surface area contributed by atoms with Crippen LogP contribution >= 0.6 is 0 Å². The van der Waals surface area contributed by atoms with Gasteiger partial charge in [0.2, 0.25) is 17.8 Å². The number of hydrogen-bond acceptors (Lipinski definition) is 6. The van der Waals surface area contributed by atoms with Gasteiger partial charge in [0.15, 0.2) is 0 Å². The Bertz CT molecular complexity index is 933. The Hall–Kier alpha value is -3.07. The maximum Gasteiger partial charge on any atom is 0.227 e. The molecular formula is C22H27FN6O2. The zero-order chi connectivity index (χ0) is 21.8. The molecule has 1 unspecified atom stereocenters. The van der Waals surface area contributed by atoms with Crippen LogP contribution < -0.4 is 15.1 Å². The number of nitrogens with one attached hydrogen (secondary N) is 1. The van der Waals surface area contributed by atoms with E-state index >= 15 is 0 Å². The number of carbonyl (C=O) groups excluding carboxylic acids is 2. The highest BCUT2D eigenvalue weighted by Gasteiger charge is 2.36. The Morgan fingerprint density at radius 1 is 1.19 bits per heavy atom. The van der Waals surface area contributed by atoms with Gasteiger partial charge < -0.3 is 15.1 Å². The van der Waals surface area contributed by atoms with E-state index in [1.54, 1.807) is 37.5 Å². The Morgan fingerprint density at radius 3 is 2.65 bits per heavy atom. The summed E-state index contributed by atoms with van der Waals surface area (Å²) in [7, 11) is 0. The zero-order valence-corrected chi connectivity index (χ0v) is 17.6. The number of anilines is 2. The molecule has 1 N–H and O–H groups in total. The molecule has 1 aromatic heterocycles. The Labute approximate surface area is 181 Å². The van der Waals surface area contributed by atoms with Gasteiger partial charge in [-0.1, -0.05) is 6.07 Å². The average Bonchev–Trinajstić information content (AvgIpc) is 3.16. The van der Waals surface area contributed by atoms with Crippen LogP contribution in [0.3, 0.4) is 0 Å². The molecule has 4 rings (SSSR count). The first-order valence-corrected chi connectivity index (χ1v) is 10.6. The number of hydrogen-bond donors (Lipinski definition) is 1. The molecule has 0 spiro atoms. The summed E-state index contributed by atoms with van der Waals surface area (Å²) in [4.78, 5) is 39.3. The van der Waals surface area contributed by atoms with Gasteiger partial charge in [-0.15, -0.1) is 0 Å². The minimum Gasteiger partial charge on any atom is -0.355 e. The van der Waals surface area contributed by atoms with E-state index in [4.69, 9.17) is 0 Å². The van der Waals surface area contributed by atoms with Crippen LogP contribution in [0, 0.1) is 18.7 Å². The maximum atomic E-state index is 14.2. The maximum absolute atomic E-state index is 14.2. The predicted octanol–water partition coefficient (Wildman–Crippen LogP) is 1.22. The van der Waals surface area contributed by atoms with E-state index in [9.17, 15) is 14.0 Å². The Morgan fingerprint density at radius 2 is 1.94 bits per heavy atom. The first-order valence-electron chi connectivity index (χ1n) is 10.6. The third kappa shape index (κ3) is 4.99. The van der Waals surface area contributed by atoms with Gasteiger partial charge in [-0.2, -0.15) is 0 Å². The molecule has 0 aliphatic carbocycles. The molecule has 0 saturated carbocycles. The molecule has 2 saturated heterocycles. The van der Waals surface area contributed by atoms with Crippen molar-refractivity contribution in [2.75, 3.05) is 55.6 Å². The fraction of sp³-hybridized carbons (Fsp3) is 0.455. The van der Waals surface area contributed by atoms with Crippen molar-refractivity contribution in [1.29, 1.82) is 0 Å². The van der Waals surface area contributed by atoms with Crippen molar-refractivity contribution in [2.45, 2.75) is 13.3 Å². The summed E-state index contributed by atoms with van der Waals surface area (Å²) in [6.07, 6.45) is 3.59. The summed E-state index contributed by atoms with van der Waals surface area (Å²) in [6.45, 7) is 6.69. The van der Waals surface area contributed by atoms with E-state index in [1.165, 1.54) is 11.0 Å². The SMILES string of the molecule is Cc1ccc(N2CC(C(=O)NCCN3CCN(c4ncccn4)CC3)CC2=O)c(F)c1. The minimum absolute atomic E-state index is 0.106. The normalized spacial score (nSPS) is 19.7. The smallest absolute Gasteiger partial charge is 0.227 e. The van der Waals surface area contributed by atoms with Gasteiger partial charge in [-0.05, 0) is 30.7 Å². The highest BCUT2D eigenvalue weighted by atomic mass is 19.1. The van der Waals surface area contributed by atoms with E-state index < -0.39 is 11.7 Å². The monoisotopic (exact) mass is 426 g/mol. The van der Waals surface area contributed by atoms with Crippen molar-refractivity contribution >= 4 is 23.5 Å². The van der Waals surface area contributed by atoms with Crippen molar-refractivity contribution in [1.82, 2.24) is 20.2 Å². The van der Waals surface area contributed by atoms with E-state index in [0.29, 0.717) is 6.54 Å². The first-order chi connectivity index (χ1) is 15.0. The van der Waals surface area contributed by atoms with Crippen LogP contribution in [0.1, 0.15) is 12.0 Å². The average molecular weight is 426 g/mol. The van der Waals surface area contributed by atoms with Gasteiger partial charge in [0.05, 0.1) is 11.6 Å². The molecule has 0 radical (unpaired) electrons. The number of carbonyl (C=O) groups is 2. The van der Waals surface area contributed by atoms with E-state index in [1.807, 2.05) is 0 Å². The molecule has 8 nitrogen and oxygen atoms in total. The Kier molecular flexibility index (Phi) is 6.41. The van der Waals surface area contributed by atoms with Crippen molar-refractivity contribution < 1.29 is 14.0 Å². The lowest BCUT2D eigenvalue weighted by Crippen LogP contribution is -2.49. The lowest BCUT2D eigenvalue weighted by Gasteiger charge is -2.34. The lowest BCUT2D eigenvalue weighted by atomic mass is 10.1. The molecule has 2 aromatic rings. The molecular weight excluding hydrogens is 399 g/mol. The van der Waals surface area contributed by atoms with Crippen molar-refractivity contribution in [3.8, 4) is 0 Å². The molecule has 1 aromatic carbocycles. The molecule has 9 heteroatoms. The molecule has 164 valence electrons. The minimum atomic E-state index is -0.458. The second kappa shape index (κ2) is 9.38. The van der Waals surface area contributed by atoms with Gasteiger partial charge in [-0.3, -0.25) is 14.5 Å². The molecule has 2 amide bonds. The van der Waals surface area contributed by atoms with Crippen LogP contribution in [0.15, 0.2) is 36.7 Å². The van der Waals surface area contributed by atoms with E-state index in [0.717, 1.165) is 44.2 Å². The fourth-order valence-corrected chi connectivity index (χ4v) is 4.05. The standard InChI is InChI=1S/C22H27FN6O2/c1-16-3-4-19(18(23)13-16)29-15-17(14-20(29)30)21(31)24-7-8-27-9-11-28(12-10-27)22-25-5-2-6-26-22/h2-6,13,17H,7-12,14-15H2,1H3,(H,24,31). The summed E-state index contributed by atoms with van der Waals surface area (Å²) in [5.41, 5.74) is 1.03. The number of piperazine rings is 1. The van der Waals surface area contributed by atoms with Crippen molar-refractivity contribution in [3.05, 3.63) is 48.0 Å². The molecule has 31 heavy (non-hydrogen) atoms. The van der Waals surface area contributed by atoms with Gasteiger partial charge in [0, 0.05) is 64.6 Å². The number of rotatable bonds is 6. The molecule has 1 atom stereocenters. The Balaban J connectivity index is 1.21. The summed E-state index contributed by atoms with van der Waals surface area (Å²) in [5.74, 6) is -0.521. The van der Waals surface area contributed by atoms with Gasteiger partial charge in [-0.25, -0.2) is 14.4 Å². The topological polar surface area (TPSA) is 81.7 Å². The van der Waals surface area contributed by atoms with Crippen LogP contribution in [0.4, 0.5) is 16.0 Å². The summed E-state index contributed by atoms with van der Waals surface area (Å²) >= 11 is 0. The van der Waals surface area contributed by atoms with E-state index in [-0.39, 0.29) is 30.5 Å². The van der Waals surface area contributed by atoms with Gasteiger partial charge in [0.25, 0.3) is 0 Å². The van der Waals surface area contributed by atoms with Crippen LogP contribution in [0.2, 0.25) is 0 Å². The lowest BCUT2D eigenvalue weighted by molar-refractivity contribution is -0.126. The second-order valence-electron chi connectivity index (χ2n) is 8.03. The van der Waals surface area contributed by atoms with Gasteiger partial charge in [0.1, 0.15) is 5.82 Å². The number of aromatic nitrogens is 2. The third-order valence-corrected chi connectivity index (χ3v) is 5.82. The second-order valence-corrected chi connectivity index (χ2v) is 8.03. The number of nitrogens with zero attached hydrogens (tertiary/aromatic N) is 5. The van der Waals surface area contributed by atoms with Crippen LogP contribution in [-0.4, -0.2) is 72.5 Å². The summed E-state index contributed by atoms with van der Waals surface area (Å²) < 4.78 is 14.2. The van der Waals surface area contributed by atoms with E-state index in [2.05, 4.69) is 25.1 Å². The molecule has 2 fully saturated rings. The molecule has 3 heterocycles. The third-order valence-electron chi connectivity index (χ3n) is 5.82. The zero-order valence-electron chi connectivity index (χ0n) is 17.6. The fourth-order valence-electron chi connectivity index (χ4n) is 4.05. The highest BCUT2D eigenvalue weighted by molar-refractivity contribution is 6.00. The number of amides is 2. The summed E-state index contributed by atoms with van der Waals surface area (Å²) in [5, 5.41) is 2.94. The molecule has 2 aliphatic heterocycles. The number of aryl methyl sites for hydroxylation is 1. The number of benzene rings is 1. The van der Waals surface area contributed by atoms with Crippen molar-refractivity contribution in [2.24, 2.45) is 5.92 Å². The summed E-state index contributed by atoms with van der Waals surface area (Å²) in [6, 6.07) is 6.57. The first kappa shape index (κ1) is 21.2. The molecule has 0 bridgehead atoms.